The first-order valence-electron chi connectivity index (χ1n) is 4.88. The van der Waals surface area contributed by atoms with Gasteiger partial charge in [0.25, 0.3) is 0 Å². The van der Waals surface area contributed by atoms with Gasteiger partial charge in [0.1, 0.15) is 5.15 Å². The molecule has 0 radical (unpaired) electrons. The zero-order valence-electron chi connectivity index (χ0n) is 8.74. The fourth-order valence-corrected chi connectivity index (χ4v) is 2.00. The molecule has 0 spiro atoms. The topological polar surface area (TPSA) is 30.7 Å². The van der Waals surface area contributed by atoms with Crippen molar-refractivity contribution in [1.82, 2.24) is 14.8 Å². The highest BCUT2D eigenvalue weighted by Gasteiger charge is 2.12. The number of nitrogens with zero attached hydrogens (tertiary/aromatic N) is 3. The molecule has 0 saturated carbocycles. The normalized spacial score (nSPS) is 10.6. The Morgan fingerprint density at radius 3 is 2.53 bits per heavy atom. The average Bonchev–Trinajstić information content (AvgIpc) is 2.55. The van der Waals surface area contributed by atoms with Crippen LogP contribution in [0.1, 0.15) is 18.2 Å². The third-order valence-corrected chi connectivity index (χ3v) is 2.77. The summed E-state index contributed by atoms with van der Waals surface area (Å²) in [5.41, 5.74) is 3.03. The van der Waals surface area contributed by atoms with Gasteiger partial charge in [-0.1, -0.05) is 18.5 Å². The molecular formula is C11H12ClN3. The molecule has 0 atom stereocenters. The zero-order chi connectivity index (χ0) is 10.8. The molecule has 2 rings (SSSR count). The molecule has 78 valence electrons. The van der Waals surface area contributed by atoms with Crippen LogP contribution in [-0.2, 0) is 6.42 Å². The van der Waals surface area contributed by atoms with Crippen molar-refractivity contribution in [2.45, 2.75) is 20.3 Å². The van der Waals surface area contributed by atoms with Crippen LogP contribution in [0.2, 0.25) is 5.15 Å². The van der Waals surface area contributed by atoms with Gasteiger partial charge in [0.05, 0.1) is 11.4 Å². The molecule has 0 N–H and O–H groups in total. The van der Waals surface area contributed by atoms with Gasteiger partial charge in [-0.25, -0.2) is 4.68 Å². The van der Waals surface area contributed by atoms with Crippen molar-refractivity contribution in [3.05, 3.63) is 40.9 Å². The lowest BCUT2D eigenvalue weighted by atomic mass is 10.2. The van der Waals surface area contributed by atoms with Gasteiger partial charge in [-0.15, -0.1) is 0 Å². The maximum absolute atomic E-state index is 6.24. The van der Waals surface area contributed by atoms with Crippen molar-refractivity contribution < 1.29 is 0 Å². The summed E-state index contributed by atoms with van der Waals surface area (Å²) in [6.07, 6.45) is 4.36. The molecule has 2 heterocycles. The summed E-state index contributed by atoms with van der Waals surface area (Å²) in [6, 6.07) is 3.77. The molecule has 0 amide bonds. The van der Waals surface area contributed by atoms with E-state index in [1.165, 1.54) is 0 Å². The lowest BCUT2D eigenvalue weighted by Gasteiger charge is -2.01. The van der Waals surface area contributed by atoms with E-state index in [2.05, 4.69) is 17.0 Å². The Morgan fingerprint density at radius 2 is 2.00 bits per heavy atom. The van der Waals surface area contributed by atoms with Gasteiger partial charge in [-0.2, -0.15) is 5.10 Å². The van der Waals surface area contributed by atoms with Crippen LogP contribution < -0.4 is 0 Å². The second-order valence-electron chi connectivity index (χ2n) is 3.33. The molecule has 3 nitrogen and oxygen atoms in total. The van der Waals surface area contributed by atoms with E-state index in [4.69, 9.17) is 11.6 Å². The average molecular weight is 222 g/mol. The van der Waals surface area contributed by atoms with E-state index < -0.39 is 0 Å². The second-order valence-corrected chi connectivity index (χ2v) is 3.68. The monoisotopic (exact) mass is 221 g/mol. The van der Waals surface area contributed by atoms with E-state index in [0.29, 0.717) is 5.15 Å². The van der Waals surface area contributed by atoms with Gasteiger partial charge < -0.3 is 0 Å². The van der Waals surface area contributed by atoms with E-state index >= 15 is 0 Å². The smallest absolute Gasteiger partial charge is 0.136 e. The third-order valence-electron chi connectivity index (χ3n) is 2.38. The van der Waals surface area contributed by atoms with E-state index in [1.54, 1.807) is 17.1 Å². The van der Waals surface area contributed by atoms with E-state index in [1.807, 2.05) is 19.1 Å². The summed E-state index contributed by atoms with van der Waals surface area (Å²) in [7, 11) is 0. The molecule has 0 saturated heterocycles. The number of hydrogen-bond donors (Lipinski definition) is 0. The first kappa shape index (κ1) is 10.2. The van der Waals surface area contributed by atoms with Gasteiger partial charge in [-0.05, 0) is 25.5 Å². The number of aryl methyl sites for hydroxylation is 1. The first-order valence-corrected chi connectivity index (χ1v) is 5.26. The van der Waals surface area contributed by atoms with Crippen LogP contribution in [0.3, 0.4) is 0 Å². The van der Waals surface area contributed by atoms with Crippen LogP contribution in [-0.4, -0.2) is 14.8 Å². The lowest BCUT2D eigenvalue weighted by molar-refractivity contribution is 0.861. The SMILES string of the molecule is CCc1c(C)nn(-c2ccncc2)c1Cl. The van der Waals surface area contributed by atoms with Gasteiger partial charge in [0.15, 0.2) is 0 Å². The Morgan fingerprint density at radius 1 is 1.33 bits per heavy atom. The quantitative estimate of drug-likeness (QED) is 0.781. The molecule has 2 aromatic rings. The molecular weight excluding hydrogens is 210 g/mol. The van der Waals surface area contributed by atoms with E-state index in [9.17, 15) is 0 Å². The molecule has 0 aliphatic carbocycles. The number of aromatic nitrogens is 3. The minimum Gasteiger partial charge on any atom is -0.265 e. The Kier molecular flexibility index (Phi) is 2.73. The molecule has 2 aromatic heterocycles. The van der Waals surface area contributed by atoms with Crippen molar-refractivity contribution in [3.8, 4) is 5.69 Å². The maximum Gasteiger partial charge on any atom is 0.136 e. The van der Waals surface area contributed by atoms with Crippen LogP contribution in [0.5, 0.6) is 0 Å². The van der Waals surface area contributed by atoms with Gasteiger partial charge in [0, 0.05) is 18.0 Å². The minimum absolute atomic E-state index is 0.696. The number of pyridine rings is 1. The maximum atomic E-state index is 6.24. The fraction of sp³-hybridized carbons (Fsp3) is 0.273. The van der Waals surface area contributed by atoms with Crippen molar-refractivity contribution in [1.29, 1.82) is 0 Å². The summed E-state index contributed by atoms with van der Waals surface area (Å²) in [6.45, 7) is 4.05. The van der Waals surface area contributed by atoms with Gasteiger partial charge in [0.2, 0.25) is 0 Å². The molecule has 15 heavy (non-hydrogen) atoms. The molecule has 0 bridgehead atoms. The third kappa shape index (κ3) is 1.75. The van der Waals surface area contributed by atoms with Crippen molar-refractivity contribution in [3.63, 3.8) is 0 Å². The second kappa shape index (κ2) is 4.03. The van der Waals surface area contributed by atoms with Crippen LogP contribution in [0.25, 0.3) is 5.69 Å². The van der Waals surface area contributed by atoms with Gasteiger partial charge in [-0.3, -0.25) is 4.98 Å². The number of halogens is 1. The molecule has 0 fully saturated rings. The van der Waals surface area contributed by atoms with Crippen LogP contribution in [0, 0.1) is 6.92 Å². The molecule has 0 aliphatic rings. The Labute approximate surface area is 93.7 Å². The van der Waals surface area contributed by atoms with Crippen molar-refractivity contribution >= 4 is 11.6 Å². The highest BCUT2D eigenvalue weighted by atomic mass is 35.5. The van der Waals surface area contributed by atoms with Crippen molar-refractivity contribution in [2.24, 2.45) is 0 Å². The Balaban J connectivity index is 2.55. The minimum atomic E-state index is 0.696. The van der Waals surface area contributed by atoms with Crippen molar-refractivity contribution in [2.75, 3.05) is 0 Å². The number of hydrogen-bond acceptors (Lipinski definition) is 2. The fourth-order valence-electron chi connectivity index (χ4n) is 1.59. The molecule has 4 heteroatoms. The summed E-state index contributed by atoms with van der Waals surface area (Å²) < 4.78 is 1.75. The summed E-state index contributed by atoms with van der Waals surface area (Å²) in [5, 5.41) is 5.10. The molecule has 0 aliphatic heterocycles. The highest BCUT2D eigenvalue weighted by molar-refractivity contribution is 6.30. The zero-order valence-corrected chi connectivity index (χ0v) is 9.49. The first-order chi connectivity index (χ1) is 7.24. The number of rotatable bonds is 2. The summed E-state index contributed by atoms with van der Waals surface area (Å²) in [5.74, 6) is 0. The lowest BCUT2D eigenvalue weighted by Crippen LogP contribution is -1.96. The molecule has 0 unspecified atom stereocenters. The van der Waals surface area contributed by atoms with Crippen LogP contribution in [0.4, 0.5) is 0 Å². The predicted molar refractivity (Wildman–Crippen MR) is 60.5 cm³/mol. The molecule has 0 aromatic carbocycles. The summed E-state index contributed by atoms with van der Waals surface area (Å²) >= 11 is 6.24. The van der Waals surface area contributed by atoms with E-state index in [-0.39, 0.29) is 0 Å². The van der Waals surface area contributed by atoms with E-state index in [0.717, 1.165) is 23.4 Å². The summed E-state index contributed by atoms with van der Waals surface area (Å²) in [4.78, 5) is 3.97. The van der Waals surface area contributed by atoms with Gasteiger partial charge >= 0.3 is 0 Å². The standard InChI is InChI=1S/C11H12ClN3/c1-3-10-8(2)14-15(11(10)12)9-4-6-13-7-5-9/h4-7H,3H2,1-2H3. The largest absolute Gasteiger partial charge is 0.265 e. The predicted octanol–water partition coefficient (Wildman–Crippen LogP) is 2.79. The Hall–Kier alpha value is -1.35. The van der Waals surface area contributed by atoms with Crippen LogP contribution in [0.15, 0.2) is 24.5 Å². The Bertz CT molecular complexity index is 462. The highest BCUT2D eigenvalue weighted by Crippen LogP contribution is 2.23. The van der Waals surface area contributed by atoms with Crippen LogP contribution >= 0.6 is 11.6 Å².